The monoisotopic (exact) mass is 400 g/mol. The van der Waals surface area contributed by atoms with Crippen LogP contribution in [0.25, 0.3) is 15.7 Å². The fourth-order valence-corrected chi connectivity index (χ4v) is 4.37. The number of anilines is 3. The fraction of sp³-hybridized carbons (Fsp3) is 0.263. The number of benzene rings is 1. The molecule has 0 amide bonds. The van der Waals surface area contributed by atoms with Crippen molar-refractivity contribution in [2.45, 2.75) is 6.92 Å². The van der Waals surface area contributed by atoms with Crippen molar-refractivity contribution in [3.63, 3.8) is 0 Å². The summed E-state index contributed by atoms with van der Waals surface area (Å²) < 4.78 is 36.0. The minimum Gasteiger partial charge on any atom is -0.369 e. The summed E-state index contributed by atoms with van der Waals surface area (Å²) in [5, 5.41) is 6.77. The van der Waals surface area contributed by atoms with Crippen LogP contribution in [0.4, 0.5) is 26.0 Å². The molecule has 28 heavy (non-hydrogen) atoms. The number of nitrogens with one attached hydrogen (secondary N) is 2. The number of fused-ring (bicyclic) bond motifs is 2. The largest absolute Gasteiger partial charge is 0.369 e. The Morgan fingerprint density at radius 1 is 1.11 bits per heavy atom. The van der Waals surface area contributed by atoms with Gasteiger partial charge in [0, 0.05) is 50.3 Å². The van der Waals surface area contributed by atoms with E-state index in [1.165, 1.54) is 17.6 Å². The molecule has 2 N–H and O–H groups in total. The lowest BCUT2D eigenvalue weighted by Gasteiger charge is -2.29. The third-order valence-corrected chi connectivity index (χ3v) is 5.68. The van der Waals surface area contributed by atoms with Crippen molar-refractivity contribution in [2.75, 3.05) is 36.4 Å². The van der Waals surface area contributed by atoms with Gasteiger partial charge in [-0.1, -0.05) is 0 Å². The molecule has 0 radical (unpaired) electrons. The van der Waals surface area contributed by atoms with Gasteiger partial charge < -0.3 is 19.9 Å². The van der Waals surface area contributed by atoms with E-state index in [0.29, 0.717) is 16.9 Å². The quantitative estimate of drug-likeness (QED) is 0.549. The minimum absolute atomic E-state index is 0.262. The van der Waals surface area contributed by atoms with Crippen LogP contribution < -0.4 is 15.5 Å². The molecule has 0 bridgehead atoms. The highest BCUT2D eigenvalue weighted by Crippen LogP contribution is 2.35. The van der Waals surface area contributed by atoms with E-state index < -0.39 is 5.82 Å². The third kappa shape index (κ3) is 2.96. The first kappa shape index (κ1) is 17.3. The molecule has 1 aliphatic heterocycles. The summed E-state index contributed by atoms with van der Waals surface area (Å²) in [6.07, 6.45) is 3.46. The van der Waals surface area contributed by atoms with Gasteiger partial charge in [0.05, 0.1) is 21.5 Å². The number of halogens is 2. The van der Waals surface area contributed by atoms with E-state index in [2.05, 4.69) is 24.9 Å². The van der Waals surface area contributed by atoms with Crippen molar-refractivity contribution >= 4 is 44.5 Å². The van der Waals surface area contributed by atoms with Gasteiger partial charge in [0.15, 0.2) is 17.3 Å². The van der Waals surface area contributed by atoms with E-state index in [4.69, 9.17) is 0 Å². The number of nitrogens with zero attached hydrogens (tertiary/aromatic N) is 4. The first-order valence-electron chi connectivity index (χ1n) is 9.05. The number of rotatable bonds is 3. The topological polar surface area (TPSA) is 57.5 Å². The number of aromatic nitrogens is 3. The van der Waals surface area contributed by atoms with E-state index in [9.17, 15) is 8.78 Å². The molecule has 3 aromatic heterocycles. The van der Waals surface area contributed by atoms with E-state index >= 15 is 0 Å². The zero-order valence-corrected chi connectivity index (χ0v) is 16.0. The Balaban J connectivity index is 1.51. The van der Waals surface area contributed by atoms with E-state index in [1.807, 2.05) is 6.07 Å². The number of aryl methyl sites for hydroxylation is 1. The first-order chi connectivity index (χ1) is 13.6. The molecule has 0 spiro atoms. The lowest BCUT2D eigenvalue weighted by atomic mass is 10.2. The summed E-state index contributed by atoms with van der Waals surface area (Å²) in [7, 11) is 0. The molecule has 1 fully saturated rings. The van der Waals surface area contributed by atoms with Gasteiger partial charge >= 0.3 is 0 Å². The van der Waals surface area contributed by atoms with Crippen molar-refractivity contribution in [3.8, 4) is 0 Å². The summed E-state index contributed by atoms with van der Waals surface area (Å²) in [5.74, 6) is -0.388. The number of pyridine rings is 1. The Labute approximate surface area is 164 Å². The van der Waals surface area contributed by atoms with Crippen LogP contribution in [0.5, 0.6) is 0 Å². The maximum Gasteiger partial charge on any atom is 0.173 e. The average molecular weight is 400 g/mol. The molecule has 9 heteroatoms. The summed E-state index contributed by atoms with van der Waals surface area (Å²) in [6.45, 7) is 5.27. The molecule has 0 unspecified atom stereocenters. The Bertz CT molecular complexity index is 1180. The molecule has 1 saturated heterocycles. The van der Waals surface area contributed by atoms with Crippen LogP contribution in [0.1, 0.15) is 5.69 Å². The number of imidazole rings is 1. The summed E-state index contributed by atoms with van der Waals surface area (Å²) >= 11 is 1.23. The van der Waals surface area contributed by atoms with Crippen LogP contribution in [0.2, 0.25) is 0 Å². The van der Waals surface area contributed by atoms with E-state index in [0.717, 1.165) is 42.3 Å². The van der Waals surface area contributed by atoms with Crippen molar-refractivity contribution in [1.29, 1.82) is 0 Å². The Morgan fingerprint density at radius 3 is 2.75 bits per heavy atom. The Hall–Kier alpha value is -2.78. The molecule has 5 rings (SSSR count). The number of hydrogen-bond acceptors (Lipinski definition) is 6. The van der Waals surface area contributed by atoms with Crippen LogP contribution in [0.3, 0.4) is 0 Å². The number of piperazine rings is 1. The van der Waals surface area contributed by atoms with Gasteiger partial charge in [0.25, 0.3) is 0 Å². The van der Waals surface area contributed by atoms with Crippen molar-refractivity contribution in [2.24, 2.45) is 0 Å². The zero-order valence-electron chi connectivity index (χ0n) is 15.2. The van der Waals surface area contributed by atoms with Gasteiger partial charge in [-0.05, 0) is 30.6 Å². The lowest BCUT2D eigenvalue weighted by molar-refractivity contribution is 0.586. The van der Waals surface area contributed by atoms with E-state index in [-0.39, 0.29) is 11.5 Å². The molecule has 6 nitrogen and oxygen atoms in total. The summed E-state index contributed by atoms with van der Waals surface area (Å²) in [6, 6.07) is 4.87. The maximum atomic E-state index is 14.9. The maximum absolute atomic E-state index is 14.9. The number of hydrogen-bond donors (Lipinski definition) is 2. The smallest absolute Gasteiger partial charge is 0.173 e. The van der Waals surface area contributed by atoms with Gasteiger partial charge in [0.1, 0.15) is 5.82 Å². The van der Waals surface area contributed by atoms with E-state index in [1.54, 1.807) is 29.8 Å². The Kier molecular flexibility index (Phi) is 4.13. The minimum atomic E-state index is -0.445. The van der Waals surface area contributed by atoms with Crippen LogP contribution in [-0.2, 0) is 0 Å². The van der Waals surface area contributed by atoms with Gasteiger partial charge in [-0.2, -0.15) is 4.37 Å². The predicted octanol–water partition coefficient (Wildman–Crippen LogP) is 3.68. The predicted molar refractivity (Wildman–Crippen MR) is 108 cm³/mol. The highest BCUT2D eigenvalue weighted by Gasteiger charge is 2.18. The summed E-state index contributed by atoms with van der Waals surface area (Å²) in [5.41, 5.74) is 2.34. The molecule has 0 aliphatic carbocycles. The van der Waals surface area contributed by atoms with Crippen molar-refractivity contribution in [1.82, 2.24) is 19.1 Å². The second kappa shape index (κ2) is 6.68. The second-order valence-corrected chi connectivity index (χ2v) is 7.69. The first-order valence-corrected chi connectivity index (χ1v) is 9.82. The molecule has 4 heterocycles. The van der Waals surface area contributed by atoms with Crippen LogP contribution in [-0.4, -0.2) is 39.9 Å². The standard InChI is InChI=1S/C19H18F2N6S/c1-11-9-27-10-12(6-15(21)19(27)23-11)24-18-17-14(20)7-13(8-16(17)28-25-18)26-4-2-22-3-5-26/h6-10,22H,2-5H2,1H3,(H,24,25). The van der Waals surface area contributed by atoms with Crippen molar-refractivity contribution in [3.05, 3.63) is 47.9 Å². The third-order valence-electron chi connectivity index (χ3n) is 4.88. The SMILES string of the molecule is Cc1cn2cc(Nc3nsc4cc(N5CCNCC5)cc(F)c34)cc(F)c2n1. The van der Waals surface area contributed by atoms with Gasteiger partial charge in [-0.15, -0.1) is 0 Å². The molecule has 0 atom stereocenters. The van der Waals surface area contributed by atoms with Crippen LogP contribution in [0, 0.1) is 18.6 Å². The average Bonchev–Trinajstić information content (AvgIpc) is 3.26. The molecule has 1 aliphatic rings. The molecular weight excluding hydrogens is 382 g/mol. The Morgan fingerprint density at radius 2 is 1.93 bits per heavy atom. The van der Waals surface area contributed by atoms with Gasteiger partial charge in [-0.3, -0.25) is 0 Å². The van der Waals surface area contributed by atoms with Gasteiger partial charge in [0.2, 0.25) is 0 Å². The molecule has 144 valence electrons. The highest BCUT2D eigenvalue weighted by atomic mass is 32.1. The second-order valence-electron chi connectivity index (χ2n) is 6.88. The van der Waals surface area contributed by atoms with Crippen molar-refractivity contribution < 1.29 is 8.78 Å². The summed E-state index contributed by atoms with van der Waals surface area (Å²) in [4.78, 5) is 6.31. The van der Waals surface area contributed by atoms with Crippen LogP contribution >= 0.6 is 11.5 Å². The highest BCUT2D eigenvalue weighted by molar-refractivity contribution is 7.13. The molecular formula is C19H18F2N6S. The zero-order chi connectivity index (χ0) is 19.3. The fourth-order valence-electron chi connectivity index (χ4n) is 3.59. The normalized spacial score (nSPS) is 14.9. The molecule has 4 aromatic rings. The van der Waals surface area contributed by atoms with Crippen LogP contribution in [0.15, 0.2) is 30.6 Å². The van der Waals surface area contributed by atoms with Gasteiger partial charge in [-0.25, -0.2) is 13.8 Å². The molecule has 1 aromatic carbocycles. The lowest BCUT2D eigenvalue weighted by Crippen LogP contribution is -2.43. The molecule has 0 saturated carbocycles.